The summed E-state index contributed by atoms with van der Waals surface area (Å²) >= 11 is 0. The predicted molar refractivity (Wildman–Crippen MR) is 59.9 cm³/mol. The number of anilines is 1. The Balaban J connectivity index is 2.35. The van der Waals surface area contributed by atoms with Gasteiger partial charge in [0.05, 0.1) is 5.69 Å². The maximum absolute atomic E-state index is 8.86. The number of nitriles is 1. The van der Waals surface area contributed by atoms with Crippen LogP contribution in [0.2, 0.25) is 0 Å². The number of hydrogen-bond donors (Lipinski definition) is 1. The number of hydrogen-bond acceptors (Lipinski definition) is 4. The van der Waals surface area contributed by atoms with Crippen molar-refractivity contribution >= 4 is 5.69 Å². The largest absolute Gasteiger partial charge is 0.436 e. The smallest absolute Gasteiger partial charge is 0.237 e. The Hall–Kier alpha value is -2.54. The molecule has 1 aromatic heterocycles. The minimum atomic E-state index is 0.267. The van der Waals surface area contributed by atoms with Crippen molar-refractivity contribution in [2.24, 2.45) is 0 Å². The first-order valence-corrected chi connectivity index (χ1v) is 4.69. The summed E-state index contributed by atoms with van der Waals surface area (Å²) in [7, 11) is 0. The Bertz CT molecular complexity index is 546. The van der Waals surface area contributed by atoms with Gasteiger partial charge in [-0.25, -0.2) is 4.98 Å². The van der Waals surface area contributed by atoms with Gasteiger partial charge in [-0.1, -0.05) is 12.1 Å². The van der Waals surface area contributed by atoms with Crippen molar-refractivity contribution in [1.82, 2.24) is 4.98 Å². The normalized spacial score (nSPS) is 9.44. The molecule has 0 spiro atoms. The van der Waals surface area contributed by atoms with Crippen LogP contribution in [0.15, 0.2) is 42.6 Å². The fourth-order valence-electron chi connectivity index (χ4n) is 1.23. The molecule has 4 nitrogen and oxygen atoms in total. The molecular weight excluding hydrogens is 202 g/mol. The maximum atomic E-state index is 8.86. The standard InChI is InChI=1S/C12H9N3O/c13-8-9-4-3-7-15-12(9)16-11-6-2-1-5-10(11)14/h1-7H,14H2. The van der Waals surface area contributed by atoms with Crippen LogP contribution in [0.4, 0.5) is 5.69 Å². The van der Waals surface area contributed by atoms with Gasteiger partial charge in [0, 0.05) is 6.20 Å². The quantitative estimate of drug-likeness (QED) is 0.774. The van der Waals surface area contributed by atoms with Gasteiger partial charge in [0.2, 0.25) is 5.88 Å². The number of para-hydroxylation sites is 2. The molecule has 1 aromatic carbocycles. The molecule has 16 heavy (non-hydrogen) atoms. The van der Waals surface area contributed by atoms with Gasteiger partial charge >= 0.3 is 0 Å². The number of benzene rings is 1. The zero-order valence-corrected chi connectivity index (χ0v) is 8.42. The fourth-order valence-corrected chi connectivity index (χ4v) is 1.23. The molecule has 0 unspecified atom stereocenters. The first-order valence-electron chi connectivity index (χ1n) is 4.69. The Morgan fingerprint density at radius 1 is 1.19 bits per heavy atom. The molecule has 0 atom stereocenters. The topological polar surface area (TPSA) is 71.9 Å². The summed E-state index contributed by atoms with van der Waals surface area (Å²) in [6, 6.07) is 12.4. The van der Waals surface area contributed by atoms with Crippen molar-refractivity contribution in [3.63, 3.8) is 0 Å². The third-order valence-corrected chi connectivity index (χ3v) is 2.02. The van der Waals surface area contributed by atoms with E-state index < -0.39 is 0 Å². The van der Waals surface area contributed by atoms with Crippen LogP contribution >= 0.6 is 0 Å². The molecule has 2 rings (SSSR count). The van der Waals surface area contributed by atoms with Crippen molar-refractivity contribution in [3.8, 4) is 17.7 Å². The Morgan fingerprint density at radius 3 is 2.75 bits per heavy atom. The lowest BCUT2D eigenvalue weighted by Crippen LogP contribution is -1.94. The molecule has 4 heteroatoms. The average Bonchev–Trinajstić information content (AvgIpc) is 2.33. The molecular formula is C12H9N3O. The summed E-state index contributed by atoms with van der Waals surface area (Å²) in [5.74, 6) is 0.764. The fraction of sp³-hybridized carbons (Fsp3) is 0. The van der Waals surface area contributed by atoms with Gasteiger partial charge in [0.25, 0.3) is 0 Å². The molecule has 0 fully saturated rings. The molecule has 0 saturated heterocycles. The molecule has 78 valence electrons. The van der Waals surface area contributed by atoms with Crippen molar-refractivity contribution < 1.29 is 4.74 Å². The molecule has 2 aromatic rings. The highest BCUT2D eigenvalue weighted by Gasteiger charge is 2.06. The number of pyridine rings is 1. The van der Waals surface area contributed by atoms with E-state index in [1.165, 1.54) is 0 Å². The van der Waals surface area contributed by atoms with Crippen LogP contribution in [0.5, 0.6) is 11.6 Å². The summed E-state index contributed by atoms with van der Waals surface area (Å²) < 4.78 is 5.47. The van der Waals surface area contributed by atoms with E-state index in [0.717, 1.165) is 0 Å². The lowest BCUT2D eigenvalue weighted by atomic mass is 10.3. The van der Waals surface area contributed by atoms with Gasteiger partial charge in [0.15, 0.2) is 5.75 Å². The lowest BCUT2D eigenvalue weighted by molar-refractivity contribution is 0.463. The third-order valence-electron chi connectivity index (χ3n) is 2.02. The first-order chi connectivity index (χ1) is 7.81. The van der Waals surface area contributed by atoms with Crippen LogP contribution < -0.4 is 10.5 Å². The van der Waals surface area contributed by atoms with E-state index in [1.807, 2.05) is 12.1 Å². The van der Waals surface area contributed by atoms with Crippen LogP contribution in [0.25, 0.3) is 0 Å². The number of nitrogen functional groups attached to an aromatic ring is 1. The minimum Gasteiger partial charge on any atom is -0.436 e. The second-order valence-electron chi connectivity index (χ2n) is 3.11. The van der Waals surface area contributed by atoms with Gasteiger partial charge in [-0.3, -0.25) is 0 Å². The lowest BCUT2D eigenvalue weighted by Gasteiger charge is -2.07. The highest BCUT2D eigenvalue weighted by molar-refractivity contribution is 5.54. The van der Waals surface area contributed by atoms with E-state index in [4.69, 9.17) is 15.7 Å². The summed E-state index contributed by atoms with van der Waals surface area (Å²) in [5, 5.41) is 8.86. The van der Waals surface area contributed by atoms with Crippen LogP contribution in [0.1, 0.15) is 5.56 Å². The Kier molecular flexibility index (Phi) is 2.70. The molecule has 0 aliphatic carbocycles. The van der Waals surface area contributed by atoms with E-state index in [-0.39, 0.29) is 5.88 Å². The zero-order valence-electron chi connectivity index (χ0n) is 8.42. The van der Waals surface area contributed by atoms with E-state index in [2.05, 4.69) is 4.98 Å². The van der Waals surface area contributed by atoms with Crippen molar-refractivity contribution in [2.75, 3.05) is 5.73 Å². The van der Waals surface area contributed by atoms with Gasteiger partial charge in [-0.15, -0.1) is 0 Å². The van der Waals surface area contributed by atoms with Gasteiger partial charge in [-0.2, -0.15) is 5.26 Å². The maximum Gasteiger partial charge on any atom is 0.237 e. The number of nitrogens with two attached hydrogens (primary N) is 1. The third kappa shape index (κ3) is 1.93. The average molecular weight is 211 g/mol. The van der Waals surface area contributed by atoms with Crippen LogP contribution in [-0.2, 0) is 0 Å². The molecule has 2 N–H and O–H groups in total. The molecule has 1 heterocycles. The van der Waals surface area contributed by atoms with Crippen molar-refractivity contribution in [2.45, 2.75) is 0 Å². The zero-order chi connectivity index (χ0) is 11.4. The first kappa shape index (κ1) is 9.99. The second-order valence-corrected chi connectivity index (χ2v) is 3.11. The monoisotopic (exact) mass is 211 g/mol. The van der Waals surface area contributed by atoms with Crippen molar-refractivity contribution in [3.05, 3.63) is 48.2 Å². The number of ether oxygens (including phenoxy) is 1. The number of nitrogens with zero attached hydrogens (tertiary/aromatic N) is 2. The Morgan fingerprint density at radius 2 is 2.00 bits per heavy atom. The molecule has 0 aliphatic heterocycles. The number of rotatable bonds is 2. The SMILES string of the molecule is N#Cc1cccnc1Oc1ccccc1N. The van der Waals surface area contributed by atoms with Crippen LogP contribution in [-0.4, -0.2) is 4.98 Å². The summed E-state index contributed by atoms with van der Waals surface area (Å²) in [4.78, 5) is 3.99. The van der Waals surface area contributed by atoms with Crippen LogP contribution in [0.3, 0.4) is 0 Å². The van der Waals surface area contributed by atoms with Crippen molar-refractivity contribution in [1.29, 1.82) is 5.26 Å². The van der Waals surface area contributed by atoms with E-state index >= 15 is 0 Å². The summed E-state index contributed by atoms with van der Waals surface area (Å²) in [6.45, 7) is 0. The van der Waals surface area contributed by atoms with E-state index in [1.54, 1.807) is 36.5 Å². The van der Waals surface area contributed by atoms with Gasteiger partial charge in [0.1, 0.15) is 11.6 Å². The van der Waals surface area contributed by atoms with Gasteiger partial charge in [-0.05, 0) is 24.3 Å². The molecule has 0 amide bonds. The Labute approximate surface area is 92.9 Å². The van der Waals surface area contributed by atoms with E-state index in [0.29, 0.717) is 17.0 Å². The second kappa shape index (κ2) is 4.32. The number of aromatic nitrogens is 1. The molecule has 0 bridgehead atoms. The van der Waals surface area contributed by atoms with Crippen LogP contribution in [0, 0.1) is 11.3 Å². The molecule has 0 radical (unpaired) electrons. The predicted octanol–water partition coefficient (Wildman–Crippen LogP) is 2.33. The van der Waals surface area contributed by atoms with Gasteiger partial charge < -0.3 is 10.5 Å². The van der Waals surface area contributed by atoms with E-state index in [9.17, 15) is 0 Å². The highest BCUT2D eigenvalue weighted by atomic mass is 16.5. The molecule has 0 saturated carbocycles. The highest BCUT2D eigenvalue weighted by Crippen LogP contribution is 2.27. The summed E-state index contributed by atoms with van der Waals surface area (Å²) in [5.41, 5.74) is 6.62. The minimum absolute atomic E-state index is 0.267. The summed E-state index contributed by atoms with van der Waals surface area (Å²) in [6.07, 6.45) is 1.56. The molecule has 0 aliphatic rings.